The van der Waals surface area contributed by atoms with Gasteiger partial charge in [-0.25, -0.2) is 4.79 Å². The molecule has 0 aliphatic rings. The maximum atomic E-state index is 11.2. The first kappa shape index (κ1) is 15.9. The quantitative estimate of drug-likeness (QED) is 0.366. The molecule has 108 valence electrons. The Morgan fingerprint density at radius 2 is 2.05 bits per heavy atom. The minimum Gasteiger partial charge on any atom is -0.463 e. The third kappa shape index (κ3) is 4.19. The average molecular weight is 277 g/mol. The van der Waals surface area contributed by atoms with E-state index in [9.17, 15) is 14.9 Å². The van der Waals surface area contributed by atoms with Gasteiger partial charge in [-0.2, -0.15) is 0 Å². The molecule has 5 nitrogen and oxygen atoms in total. The highest BCUT2D eigenvalue weighted by Crippen LogP contribution is 2.32. The highest BCUT2D eigenvalue weighted by Gasteiger charge is 2.24. The molecule has 0 radical (unpaired) electrons. The Bertz CT molecular complexity index is 541. The van der Waals surface area contributed by atoms with Crippen LogP contribution in [0.25, 0.3) is 6.08 Å². The van der Waals surface area contributed by atoms with Crippen molar-refractivity contribution in [3.05, 3.63) is 45.5 Å². The molecule has 0 aliphatic carbocycles. The lowest BCUT2D eigenvalue weighted by molar-refractivity contribution is -0.386. The lowest BCUT2D eigenvalue weighted by atomic mass is 9.85. The van der Waals surface area contributed by atoms with Crippen LogP contribution in [-0.2, 0) is 14.9 Å². The number of carbonyl (C=O) groups excluding carboxylic acids is 1. The summed E-state index contributed by atoms with van der Waals surface area (Å²) in [5.74, 6) is -0.463. The lowest BCUT2D eigenvalue weighted by Crippen LogP contribution is -2.13. The third-order valence-corrected chi connectivity index (χ3v) is 2.72. The number of ether oxygens (including phenoxy) is 1. The van der Waals surface area contributed by atoms with E-state index in [-0.39, 0.29) is 11.1 Å². The van der Waals surface area contributed by atoms with E-state index in [0.717, 1.165) is 0 Å². The fraction of sp³-hybridized carbons (Fsp3) is 0.400. The van der Waals surface area contributed by atoms with Crippen molar-refractivity contribution < 1.29 is 14.5 Å². The van der Waals surface area contributed by atoms with E-state index in [1.807, 2.05) is 20.8 Å². The molecule has 0 saturated heterocycles. The van der Waals surface area contributed by atoms with Crippen molar-refractivity contribution in [3.63, 3.8) is 0 Å². The van der Waals surface area contributed by atoms with Gasteiger partial charge >= 0.3 is 5.97 Å². The minimum absolute atomic E-state index is 0.0588. The second-order valence-electron chi connectivity index (χ2n) is 5.37. The molecule has 0 aromatic heterocycles. The van der Waals surface area contributed by atoms with E-state index in [0.29, 0.717) is 17.7 Å². The monoisotopic (exact) mass is 277 g/mol. The molecular weight excluding hydrogens is 258 g/mol. The molecule has 1 rings (SSSR count). The van der Waals surface area contributed by atoms with Gasteiger partial charge in [0.1, 0.15) is 0 Å². The lowest BCUT2D eigenvalue weighted by Gasteiger charge is -2.18. The maximum Gasteiger partial charge on any atom is 0.330 e. The highest BCUT2D eigenvalue weighted by molar-refractivity contribution is 5.87. The zero-order valence-electron chi connectivity index (χ0n) is 12.2. The number of carbonyl (C=O) groups is 1. The van der Waals surface area contributed by atoms with Crippen molar-refractivity contribution in [1.82, 2.24) is 0 Å². The first-order valence-electron chi connectivity index (χ1n) is 6.39. The predicted octanol–water partition coefficient (Wildman–Crippen LogP) is 3.47. The van der Waals surface area contributed by atoms with Crippen LogP contribution in [0.5, 0.6) is 0 Å². The number of nitrogens with zero attached hydrogens (tertiary/aromatic N) is 1. The van der Waals surface area contributed by atoms with E-state index < -0.39 is 10.9 Å². The molecule has 5 heteroatoms. The smallest absolute Gasteiger partial charge is 0.330 e. The first-order chi connectivity index (χ1) is 9.25. The molecule has 1 aromatic rings. The average Bonchev–Trinajstić information content (AvgIpc) is 2.35. The van der Waals surface area contributed by atoms with Gasteiger partial charge in [-0.05, 0) is 24.0 Å². The topological polar surface area (TPSA) is 69.4 Å². The van der Waals surface area contributed by atoms with Crippen molar-refractivity contribution in [2.24, 2.45) is 0 Å². The zero-order chi connectivity index (χ0) is 15.3. The summed E-state index contributed by atoms with van der Waals surface area (Å²) in [7, 11) is 0. The number of hydrogen-bond acceptors (Lipinski definition) is 4. The molecule has 0 bridgehead atoms. The second kappa shape index (κ2) is 6.32. The van der Waals surface area contributed by atoms with E-state index in [2.05, 4.69) is 0 Å². The second-order valence-corrected chi connectivity index (χ2v) is 5.37. The van der Waals surface area contributed by atoms with Crippen LogP contribution in [0.3, 0.4) is 0 Å². The van der Waals surface area contributed by atoms with Gasteiger partial charge in [0, 0.05) is 17.7 Å². The summed E-state index contributed by atoms with van der Waals surface area (Å²) in [6.45, 7) is 7.78. The number of hydrogen-bond donors (Lipinski definition) is 0. The fourth-order valence-electron chi connectivity index (χ4n) is 1.79. The molecule has 0 fully saturated rings. The molecule has 0 heterocycles. The van der Waals surface area contributed by atoms with Crippen LogP contribution >= 0.6 is 0 Å². The van der Waals surface area contributed by atoms with Gasteiger partial charge in [0.25, 0.3) is 5.69 Å². The van der Waals surface area contributed by atoms with Crippen LogP contribution in [0.1, 0.15) is 38.8 Å². The normalized spacial score (nSPS) is 11.6. The molecule has 0 spiro atoms. The summed E-state index contributed by atoms with van der Waals surface area (Å²) in [4.78, 5) is 22.0. The summed E-state index contributed by atoms with van der Waals surface area (Å²) in [5.41, 5.74) is 1.00. The third-order valence-electron chi connectivity index (χ3n) is 2.72. The molecule has 0 unspecified atom stereocenters. The van der Waals surface area contributed by atoms with Gasteiger partial charge in [-0.15, -0.1) is 0 Å². The van der Waals surface area contributed by atoms with Crippen LogP contribution in [0.2, 0.25) is 0 Å². The summed E-state index contributed by atoms with van der Waals surface area (Å²) in [6, 6.07) is 4.95. The van der Waals surface area contributed by atoms with Crippen molar-refractivity contribution in [2.45, 2.75) is 33.1 Å². The summed E-state index contributed by atoms with van der Waals surface area (Å²) in [5, 5.41) is 11.2. The number of rotatable bonds is 4. The SMILES string of the molecule is CCOC(=O)/C=C/c1ccc(C(C)(C)C)c([N+](=O)[O-])c1. The van der Waals surface area contributed by atoms with Gasteiger partial charge in [0.15, 0.2) is 0 Å². The van der Waals surface area contributed by atoms with Gasteiger partial charge in [0.05, 0.1) is 11.5 Å². The van der Waals surface area contributed by atoms with Crippen LogP contribution in [-0.4, -0.2) is 17.5 Å². The summed E-state index contributed by atoms with van der Waals surface area (Å²) >= 11 is 0. The molecule has 0 atom stereocenters. The Balaban J connectivity index is 3.12. The maximum absolute atomic E-state index is 11.2. The van der Waals surface area contributed by atoms with E-state index in [1.54, 1.807) is 19.1 Å². The molecule has 20 heavy (non-hydrogen) atoms. The largest absolute Gasteiger partial charge is 0.463 e. The summed E-state index contributed by atoms with van der Waals surface area (Å²) < 4.78 is 4.76. The standard InChI is InChI=1S/C15H19NO4/c1-5-20-14(17)9-7-11-6-8-12(15(2,3)4)13(10-11)16(18)19/h6-10H,5H2,1-4H3/b9-7+. The Morgan fingerprint density at radius 3 is 2.55 bits per heavy atom. The number of benzene rings is 1. The van der Waals surface area contributed by atoms with Crippen molar-refractivity contribution in [2.75, 3.05) is 6.61 Å². The molecule has 1 aromatic carbocycles. The van der Waals surface area contributed by atoms with E-state index in [1.165, 1.54) is 18.2 Å². The summed E-state index contributed by atoms with van der Waals surface area (Å²) in [6.07, 6.45) is 2.77. The van der Waals surface area contributed by atoms with Gasteiger partial charge in [-0.1, -0.05) is 32.9 Å². The molecule has 0 aliphatic heterocycles. The first-order valence-corrected chi connectivity index (χ1v) is 6.39. The van der Waals surface area contributed by atoms with Crippen molar-refractivity contribution in [3.8, 4) is 0 Å². The molecule has 0 saturated carbocycles. The highest BCUT2D eigenvalue weighted by atomic mass is 16.6. The van der Waals surface area contributed by atoms with Gasteiger partial charge < -0.3 is 4.74 Å². The Morgan fingerprint density at radius 1 is 1.40 bits per heavy atom. The van der Waals surface area contributed by atoms with Gasteiger partial charge in [0.2, 0.25) is 0 Å². The molecule has 0 N–H and O–H groups in total. The van der Waals surface area contributed by atoms with Crippen LogP contribution in [0, 0.1) is 10.1 Å². The Kier molecular flexibility index (Phi) is 5.02. The van der Waals surface area contributed by atoms with E-state index >= 15 is 0 Å². The van der Waals surface area contributed by atoms with Crippen molar-refractivity contribution >= 4 is 17.7 Å². The molecule has 0 amide bonds. The van der Waals surface area contributed by atoms with Crippen LogP contribution in [0.4, 0.5) is 5.69 Å². The predicted molar refractivity (Wildman–Crippen MR) is 77.5 cm³/mol. The number of nitro benzene ring substituents is 1. The van der Waals surface area contributed by atoms with E-state index in [4.69, 9.17) is 4.74 Å². The Labute approximate surface area is 118 Å². The minimum atomic E-state index is -0.463. The zero-order valence-corrected chi connectivity index (χ0v) is 12.2. The van der Waals surface area contributed by atoms with Crippen LogP contribution in [0.15, 0.2) is 24.3 Å². The van der Waals surface area contributed by atoms with Crippen LogP contribution < -0.4 is 0 Å². The van der Waals surface area contributed by atoms with Crippen molar-refractivity contribution in [1.29, 1.82) is 0 Å². The number of esters is 1. The molecular formula is C15H19NO4. The Hall–Kier alpha value is -2.17. The fourth-order valence-corrected chi connectivity index (χ4v) is 1.79. The van der Waals surface area contributed by atoms with Gasteiger partial charge in [-0.3, -0.25) is 10.1 Å². The number of nitro groups is 1.